The molecule has 0 aliphatic heterocycles. The minimum Gasteiger partial charge on any atom is -0.370 e. The quantitative estimate of drug-likeness (QED) is 0.917. The summed E-state index contributed by atoms with van der Waals surface area (Å²) in [7, 11) is 1.70. The van der Waals surface area contributed by atoms with Crippen LogP contribution in [-0.4, -0.2) is 22.2 Å². The highest BCUT2D eigenvalue weighted by Crippen LogP contribution is 2.40. The fourth-order valence-corrected chi connectivity index (χ4v) is 2.65. The Morgan fingerprint density at radius 1 is 1.35 bits per heavy atom. The molecule has 2 heterocycles. The maximum atomic E-state index is 5.65. The maximum absolute atomic E-state index is 5.65. The Bertz CT molecular complexity index is 573. The first-order valence-corrected chi connectivity index (χ1v) is 6.82. The van der Waals surface area contributed by atoms with Crippen LogP contribution in [0.5, 0.6) is 0 Å². The molecule has 0 atom stereocenters. The number of ether oxygens (including phenoxy) is 1. The monoisotopic (exact) mass is 274 g/mol. The van der Waals surface area contributed by atoms with E-state index in [2.05, 4.69) is 15.1 Å². The Labute approximate surface area is 117 Å². The third kappa shape index (κ3) is 2.21. The summed E-state index contributed by atoms with van der Waals surface area (Å²) in [6, 6.07) is 3.75. The van der Waals surface area contributed by atoms with Gasteiger partial charge in [-0.2, -0.15) is 4.98 Å². The van der Waals surface area contributed by atoms with Gasteiger partial charge in [0.2, 0.25) is 5.82 Å². The second-order valence-corrected chi connectivity index (χ2v) is 5.08. The first kappa shape index (κ1) is 13.2. The fourth-order valence-electron chi connectivity index (χ4n) is 2.65. The topological polar surface area (TPSA) is 87.1 Å². The Hall–Kier alpha value is -1.79. The largest absolute Gasteiger partial charge is 0.370 e. The SMILES string of the molecule is COC1(c2noc(-c3ccc(CN)cn3)n2)CCCC1. The number of aromatic nitrogens is 3. The highest BCUT2D eigenvalue weighted by atomic mass is 16.5. The van der Waals surface area contributed by atoms with E-state index in [1.807, 2.05) is 12.1 Å². The van der Waals surface area contributed by atoms with Gasteiger partial charge in [0.15, 0.2) is 0 Å². The van der Waals surface area contributed by atoms with Crippen molar-refractivity contribution in [3.05, 3.63) is 29.7 Å². The van der Waals surface area contributed by atoms with Crippen molar-refractivity contribution in [1.82, 2.24) is 15.1 Å². The highest BCUT2D eigenvalue weighted by Gasteiger charge is 2.40. The minimum absolute atomic E-state index is 0.390. The number of nitrogens with zero attached hydrogens (tertiary/aromatic N) is 3. The van der Waals surface area contributed by atoms with Crippen LogP contribution < -0.4 is 5.73 Å². The molecule has 1 fully saturated rings. The van der Waals surface area contributed by atoms with Gasteiger partial charge in [-0.1, -0.05) is 11.2 Å². The van der Waals surface area contributed by atoms with Crippen molar-refractivity contribution < 1.29 is 9.26 Å². The molecule has 0 bridgehead atoms. The number of hydrogen-bond acceptors (Lipinski definition) is 6. The normalized spacial score (nSPS) is 17.5. The molecule has 2 aromatic heterocycles. The molecule has 2 aromatic rings. The molecule has 3 rings (SSSR count). The smallest absolute Gasteiger partial charge is 0.276 e. The van der Waals surface area contributed by atoms with Gasteiger partial charge in [-0.25, -0.2) is 0 Å². The molecule has 1 saturated carbocycles. The molecule has 0 radical (unpaired) electrons. The summed E-state index contributed by atoms with van der Waals surface area (Å²) in [5.74, 6) is 1.05. The molecule has 1 aliphatic carbocycles. The van der Waals surface area contributed by atoms with Gasteiger partial charge in [-0.3, -0.25) is 4.98 Å². The van der Waals surface area contributed by atoms with E-state index in [9.17, 15) is 0 Å². The van der Waals surface area contributed by atoms with E-state index in [4.69, 9.17) is 15.0 Å². The van der Waals surface area contributed by atoms with Crippen molar-refractivity contribution in [3.8, 4) is 11.6 Å². The second kappa shape index (κ2) is 5.30. The van der Waals surface area contributed by atoms with Crippen LogP contribution in [0, 0.1) is 0 Å². The van der Waals surface area contributed by atoms with Crippen LogP contribution >= 0.6 is 0 Å². The Morgan fingerprint density at radius 3 is 2.75 bits per heavy atom. The molecule has 0 aromatic carbocycles. The average Bonchev–Trinajstić information content (AvgIpc) is 3.17. The van der Waals surface area contributed by atoms with E-state index in [0.717, 1.165) is 31.2 Å². The number of pyridine rings is 1. The first-order chi connectivity index (χ1) is 9.77. The second-order valence-electron chi connectivity index (χ2n) is 5.08. The van der Waals surface area contributed by atoms with Crippen molar-refractivity contribution in [1.29, 1.82) is 0 Å². The summed E-state index contributed by atoms with van der Waals surface area (Å²) in [5.41, 5.74) is 6.79. The van der Waals surface area contributed by atoms with E-state index in [1.54, 1.807) is 13.3 Å². The average molecular weight is 274 g/mol. The lowest BCUT2D eigenvalue weighted by Gasteiger charge is -2.22. The fraction of sp³-hybridized carbons (Fsp3) is 0.500. The van der Waals surface area contributed by atoms with E-state index in [0.29, 0.717) is 24.0 Å². The Balaban J connectivity index is 1.89. The summed E-state index contributed by atoms with van der Waals surface area (Å²) in [4.78, 5) is 8.76. The van der Waals surface area contributed by atoms with Crippen LogP contribution in [0.15, 0.2) is 22.9 Å². The molecule has 106 valence electrons. The van der Waals surface area contributed by atoms with Crippen molar-refractivity contribution >= 4 is 0 Å². The molecular weight excluding hydrogens is 256 g/mol. The summed E-state index contributed by atoms with van der Waals surface area (Å²) in [6.45, 7) is 0.467. The van der Waals surface area contributed by atoms with Gasteiger partial charge in [-0.15, -0.1) is 0 Å². The predicted molar refractivity (Wildman–Crippen MR) is 72.6 cm³/mol. The number of nitrogens with two attached hydrogens (primary N) is 1. The lowest BCUT2D eigenvalue weighted by molar-refractivity contribution is -0.0178. The maximum Gasteiger partial charge on any atom is 0.276 e. The summed E-state index contributed by atoms with van der Waals surface area (Å²) in [6.07, 6.45) is 5.84. The van der Waals surface area contributed by atoms with Crippen LogP contribution in [0.25, 0.3) is 11.6 Å². The predicted octanol–water partition coefficient (Wildman–Crippen LogP) is 2.01. The zero-order chi connectivity index (χ0) is 14.0. The van der Waals surface area contributed by atoms with Crippen LogP contribution in [-0.2, 0) is 16.9 Å². The Morgan fingerprint density at radius 2 is 2.15 bits per heavy atom. The van der Waals surface area contributed by atoms with E-state index >= 15 is 0 Å². The van der Waals surface area contributed by atoms with Gasteiger partial charge < -0.3 is 15.0 Å². The summed E-state index contributed by atoms with van der Waals surface area (Å²) < 4.78 is 11.0. The first-order valence-electron chi connectivity index (χ1n) is 6.82. The van der Waals surface area contributed by atoms with Gasteiger partial charge in [0.05, 0.1) is 0 Å². The van der Waals surface area contributed by atoms with Crippen molar-refractivity contribution in [2.75, 3.05) is 7.11 Å². The van der Waals surface area contributed by atoms with Gasteiger partial charge in [0.25, 0.3) is 5.89 Å². The van der Waals surface area contributed by atoms with Gasteiger partial charge in [-0.05, 0) is 37.3 Å². The van der Waals surface area contributed by atoms with E-state index in [1.165, 1.54) is 0 Å². The molecule has 0 unspecified atom stereocenters. The van der Waals surface area contributed by atoms with E-state index < -0.39 is 0 Å². The Kier molecular flexibility index (Phi) is 3.50. The van der Waals surface area contributed by atoms with Crippen LogP contribution in [0.3, 0.4) is 0 Å². The molecule has 2 N–H and O–H groups in total. The summed E-state index contributed by atoms with van der Waals surface area (Å²) >= 11 is 0. The van der Waals surface area contributed by atoms with Crippen molar-refractivity contribution in [2.24, 2.45) is 5.73 Å². The van der Waals surface area contributed by atoms with Crippen LogP contribution in [0.4, 0.5) is 0 Å². The molecule has 0 saturated heterocycles. The van der Waals surface area contributed by atoms with Gasteiger partial charge >= 0.3 is 0 Å². The number of methoxy groups -OCH3 is 1. The zero-order valence-corrected chi connectivity index (χ0v) is 11.5. The molecule has 1 aliphatic rings. The molecule has 6 nitrogen and oxygen atoms in total. The molecule has 6 heteroatoms. The van der Waals surface area contributed by atoms with Gasteiger partial charge in [0.1, 0.15) is 11.3 Å². The molecule has 0 spiro atoms. The van der Waals surface area contributed by atoms with Crippen LogP contribution in [0.2, 0.25) is 0 Å². The van der Waals surface area contributed by atoms with Crippen LogP contribution in [0.1, 0.15) is 37.1 Å². The number of rotatable bonds is 4. The van der Waals surface area contributed by atoms with Crippen molar-refractivity contribution in [2.45, 2.75) is 37.8 Å². The third-order valence-corrected chi connectivity index (χ3v) is 3.92. The lowest BCUT2D eigenvalue weighted by atomic mass is 10.0. The zero-order valence-electron chi connectivity index (χ0n) is 11.5. The van der Waals surface area contributed by atoms with E-state index in [-0.39, 0.29) is 5.60 Å². The highest BCUT2D eigenvalue weighted by molar-refractivity contribution is 5.46. The molecule has 0 amide bonds. The van der Waals surface area contributed by atoms with Gasteiger partial charge in [0, 0.05) is 19.9 Å². The van der Waals surface area contributed by atoms with Crippen molar-refractivity contribution in [3.63, 3.8) is 0 Å². The summed E-state index contributed by atoms with van der Waals surface area (Å²) in [5, 5.41) is 4.08. The standard InChI is InChI=1S/C14H18N4O2/c1-19-14(6-2-3-7-14)13-17-12(20-18-13)11-5-4-10(8-15)9-16-11/h4-5,9H,2-3,6-8,15H2,1H3. The third-order valence-electron chi connectivity index (χ3n) is 3.92. The minimum atomic E-state index is -0.390. The number of hydrogen-bond donors (Lipinski definition) is 1. The molecule has 20 heavy (non-hydrogen) atoms. The lowest BCUT2D eigenvalue weighted by Crippen LogP contribution is -2.25. The molecular formula is C14H18N4O2.